The summed E-state index contributed by atoms with van der Waals surface area (Å²) in [5.41, 5.74) is 1.54. The smallest absolute Gasteiger partial charge is 0.337 e. The highest BCUT2D eigenvalue weighted by molar-refractivity contribution is 9.10. The first kappa shape index (κ1) is 12.5. The molecule has 0 aliphatic rings. The van der Waals surface area contributed by atoms with E-state index in [2.05, 4.69) is 20.9 Å². The molecule has 0 heterocycles. The summed E-state index contributed by atoms with van der Waals surface area (Å²) < 4.78 is 0.721. The molecule has 90 valence electrons. The third-order valence-electron chi connectivity index (χ3n) is 2.34. The van der Waals surface area contributed by atoms with Crippen molar-refractivity contribution in [3.8, 4) is 0 Å². The SMILES string of the molecule is O=C(O)c1cc(Br)ccc1N=Cc1ccccc1. The summed E-state index contributed by atoms with van der Waals surface area (Å²) in [5.74, 6) is -0.989. The lowest BCUT2D eigenvalue weighted by Gasteiger charge is -2.01. The Morgan fingerprint density at radius 2 is 1.89 bits per heavy atom. The van der Waals surface area contributed by atoms with Crippen molar-refractivity contribution in [2.75, 3.05) is 0 Å². The average Bonchev–Trinajstić information content (AvgIpc) is 2.38. The fourth-order valence-corrected chi connectivity index (χ4v) is 1.84. The minimum atomic E-state index is -0.989. The second-order valence-electron chi connectivity index (χ2n) is 3.64. The number of nitrogens with zero attached hydrogens (tertiary/aromatic N) is 1. The van der Waals surface area contributed by atoms with E-state index >= 15 is 0 Å². The van der Waals surface area contributed by atoms with Crippen molar-refractivity contribution in [1.82, 2.24) is 0 Å². The van der Waals surface area contributed by atoms with Crippen LogP contribution in [0, 0.1) is 0 Å². The molecule has 2 aromatic carbocycles. The fourth-order valence-electron chi connectivity index (χ4n) is 1.48. The zero-order valence-corrected chi connectivity index (χ0v) is 11.0. The van der Waals surface area contributed by atoms with Crippen LogP contribution in [0.25, 0.3) is 0 Å². The van der Waals surface area contributed by atoms with Gasteiger partial charge in [-0.05, 0) is 23.8 Å². The Hall–Kier alpha value is -1.94. The molecule has 3 nitrogen and oxygen atoms in total. The first-order valence-electron chi connectivity index (χ1n) is 5.29. The van der Waals surface area contributed by atoms with E-state index in [4.69, 9.17) is 5.11 Å². The molecule has 1 N–H and O–H groups in total. The van der Waals surface area contributed by atoms with E-state index in [9.17, 15) is 4.79 Å². The van der Waals surface area contributed by atoms with E-state index in [1.165, 1.54) is 0 Å². The summed E-state index contributed by atoms with van der Waals surface area (Å²) in [5, 5.41) is 9.09. The van der Waals surface area contributed by atoms with Gasteiger partial charge in [-0.15, -0.1) is 0 Å². The molecule has 0 bridgehead atoms. The number of benzene rings is 2. The Balaban J connectivity index is 2.35. The van der Waals surface area contributed by atoms with Gasteiger partial charge in [0.15, 0.2) is 0 Å². The van der Waals surface area contributed by atoms with Gasteiger partial charge in [-0.3, -0.25) is 4.99 Å². The van der Waals surface area contributed by atoms with Crippen LogP contribution in [0.4, 0.5) is 5.69 Å². The molecule has 0 aliphatic heterocycles. The maximum absolute atomic E-state index is 11.1. The van der Waals surface area contributed by atoms with Crippen LogP contribution in [-0.2, 0) is 0 Å². The van der Waals surface area contributed by atoms with Gasteiger partial charge < -0.3 is 5.11 Å². The van der Waals surface area contributed by atoms with Crippen LogP contribution in [0.2, 0.25) is 0 Å². The fraction of sp³-hybridized carbons (Fsp3) is 0. The summed E-state index contributed by atoms with van der Waals surface area (Å²) in [6.07, 6.45) is 1.65. The molecule has 0 radical (unpaired) electrons. The van der Waals surface area contributed by atoms with Crippen molar-refractivity contribution in [1.29, 1.82) is 0 Å². The number of aliphatic imine (C=N–C) groups is 1. The second kappa shape index (κ2) is 5.60. The van der Waals surface area contributed by atoms with Crippen molar-refractivity contribution in [3.05, 3.63) is 64.1 Å². The molecule has 18 heavy (non-hydrogen) atoms. The molecule has 4 heteroatoms. The minimum absolute atomic E-state index is 0.177. The highest BCUT2D eigenvalue weighted by Crippen LogP contribution is 2.23. The molecule has 0 saturated carbocycles. The third kappa shape index (κ3) is 3.05. The van der Waals surface area contributed by atoms with Gasteiger partial charge in [0.2, 0.25) is 0 Å². The Labute approximate surface area is 113 Å². The number of carboxylic acids is 1. The first-order chi connectivity index (χ1) is 8.66. The van der Waals surface area contributed by atoms with Crippen LogP contribution in [-0.4, -0.2) is 17.3 Å². The number of hydrogen-bond acceptors (Lipinski definition) is 2. The minimum Gasteiger partial charge on any atom is -0.478 e. The molecular weight excluding hydrogens is 294 g/mol. The van der Waals surface area contributed by atoms with Gasteiger partial charge in [-0.2, -0.15) is 0 Å². The molecule has 0 atom stereocenters. The number of halogens is 1. The van der Waals surface area contributed by atoms with Crippen molar-refractivity contribution in [2.45, 2.75) is 0 Å². The third-order valence-corrected chi connectivity index (χ3v) is 2.83. The lowest BCUT2D eigenvalue weighted by molar-refractivity contribution is 0.0698. The van der Waals surface area contributed by atoms with E-state index in [1.54, 1.807) is 24.4 Å². The molecule has 0 saturated heterocycles. The van der Waals surface area contributed by atoms with Gasteiger partial charge in [-0.1, -0.05) is 46.3 Å². The van der Waals surface area contributed by atoms with Crippen LogP contribution in [0.1, 0.15) is 15.9 Å². The molecule has 0 aromatic heterocycles. The standard InChI is InChI=1S/C14H10BrNO2/c15-11-6-7-13(12(8-11)14(17)18)16-9-10-4-2-1-3-5-10/h1-9H,(H,17,18). The Kier molecular flexibility index (Phi) is 3.89. The molecule has 0 fully saturated rings. The second-order valence-corrected chi connectivity index (χ2v) is 4.55. The largest absolute Gasteiger partial charge is 0.478 e. The summed E-state index contributed by atoms with van der Waals surface area (Å²) in [6, 6.07) is 14.5. The van der Waals surface area contributed by atoms with Crippen molar-refractivity contribution < 1.29 is 9.90 Å². The monoisotopic (exact) mass is 303 g/mol. The Bertz CT molecular complexity index is 594. The maximum atomic E-state index is 11.1. The van der Waals surface area contributed by atoms with Gasteiger partial charge in [0.05, 0.1) is 11.3 Å². The van der Waals surface area contributed by atoms with E-state index in [0.29, 0.717) is 5.69 Å². The van der Waals surface area contributed by atoms with Crippen LogP contribution in [0.3, 0.4) is 0 Å². The maximum Gasteiger partial charge on any atom is 0.337 e. The number of hydrogen-bond donors (Lipinski definition) is 1. The molecular formula is C14H10BrNO2. The highest BCUT2D eigenvalue weighted by Gasteiger charge is 2.09. The topological polar surface area (TPSA) is 49.7 Å². The molecule has 0 aliphatic carbocycles. The summed E-state index contributed by atoms with van der Waals surface area (Å²) in [4.78, 5) is 15.3. The van der Waals surface area contributed by atoms with Gasteiger partial charge in [0.25, 0.3) is 0 Å². The molecule has 0 unspecified atom stereocenters. The van der Waals surface area contributed by atoms with E-state index in [0.717, 1.165) is 10.0 Å². The van der Waals surface area contributed by atoms with Crippen LogP contribution < -0.4 is 0 Å². The predicted molar refractivity (Wildman–Crippen MR) is 74.8 cm³/mol. The van der Waals surface area contributed by atoms with Gasteiger partial charge in [0.1, 0.15) is 0 Å². The van der Waals surface area contributed by atoms with Crippen LogP contribution >= 0.6 is 15.9 Å². The quantitative estimate of drug-likeness (QED) is 0.874. The highest BCUT2D eigenvalue weighted by atomic mass is 79.9. The van der Waals surface area contributed by atoms with Gasteiger partial charge in [-0.25, -0.2) is 4.79 Å². The summed E-state index contributed by atoms with van der Waals surface area (Å²) in [6.45, 7) is 0. The molecule has 0 amide bonds. The van der Waals surface area contributed by atoms with E-state index in [1.807, 2.05) is 30.3 Å². The lowest BCUT2D eigenvalue weighted by atomic mass is 10.2. The van der Waals surface area contributed by atoms with Crippen molar-refractivity contribution in [2.24, 2.45) is 4.99 Å². The predicted octanol–water partition coefficient (Wildman–Crippen LogP) is 3.90. The normalized spacial score (nSPS) is 10.7. The summed E-state index contributed by atoms with van der Waals surface area (Å²) in [7, 11) is 0. The average molecular weight is 304 g/mol. The van der Waals surface area contributed by atoms with Crippen LogP contribution in [0.5, 0.6) is 0 Å². The van der Waals surface area contributed by atoms with E-state index < -0.39 is 5.97 Å². The zero-order valence-electron chi connectivity index (χ0n) is 9.38. The summed E-state index contributed by atoms with van der Waals surface area (Å²) >= 11 is 3.25. The first-order valence-corrected chi connectivity index (χ1v) is 6.08. The number of carboxylic acid groups (broad SMARTS) is 1. The van der Waals surface area contributed by atoms with E-state index in [-0.39, 0.29) is 5.56 Å². The molecule has 0 spiro atoms. The number of carbonyl (C=O) groups is 1. The van der Waals surface area contributed by atoms with Crippen molar-refractivity contribution in [3.63, 3.8) is 0 Å². The zero-order chi connectivity index (χ0) is 13.0. The Morgan fingerprint density at radius 1 is 1.17 bits per heavy atom. The number of rotatable bonds is 3. The number of aromatic carboxylic acids is 1. The molecule has 2 aromatic rings. The van der Waals surface area contributed by atoms with Gasteiger partial charge in [0, 0.05) is 10.7 Å². The van der Waals surface area contributed by atoms with Crippen LogP contribution in [0.15, 0.2) is 58.0 Å². The molecule has 2 rings (SSSR count). The van der Waals surface area contributed by atoms with Gasteiger partial charge >= 0.3 is 5.97 Å². The lowest BCUT2D eigenvalue weighted by Crippen LogP contribution is -1.96. The Morgan fingerprint density at radius 3 is 2.56 bits per heavy atom. The van der Waals surface area contributed by atoms with Crippen molar-refractivity contribution >= 4 is 33.8 Å².